The van der Waals surface area contributed by atoms with Crippen LogP contribution in [-0.2, 0) is 0 Å². The van der Waals surface area contributed by atoms with E-state index in [1.54, 1.807) is 0 Å². The molecular weight excluding hydrogens is 196 g/mol. The van der Waals surface area contributed by atoms with Crippen LogP contribution in [0.5, 0.6) is 0 Å². The Morgan fingerprint density at radius 1 is 1.00 bits per heavy atom. The molecule has 0 saturated carbocycles. The summed E-state index contributed by atoms with van der Waals surface area (Å²) in [6.45, 7) is 17.3. The lowest BCUT2D eigenvalue weighted by molar-refractivity contribution is 0.278. The molecule has 0 spiro atoms. The first-order valence-electron chi connectivity index (χ1n) is 6.92. The molecule has 16 heavy (non-hydrogen) atoms. The Labute approximate surface area is 103 Å². The Bertz CT molecular complexity index is 149. The zero-order valence-electron chi connectivity index (χ0n) is 12.1. The smallest absolute Gasteiger partial charge is 0.0107 e. The molecule has 0 unspecified atom stereocenters. The van der Waals surface area contributed by atoms with Crippen molar-refractivity contribution < 1.29 is 0 Å². The molecule has 0 amide bonds. The molecule has 0 saturated heterocycles. The van der Waals surface area contributed by atoms with Gasteiger partial charge in [0.25, 0.3) is 0 Å². The van der Waals surface area contributed by atoms with E-state index in [4.69, 9.17) is 0 Å². The van der Waals surface area contributed by atoms with Crippen LogP contribution in [-0.4, -0.2) is 37.6 Å². The van der Waals surface area contributed by atoms with Crippen LogP contribution in [0.4, 0.5) is 0 Å². The first-order valence-corrected chi connectivity index (χ1v) is 6.92. The first-order chi connectivity index (χ1) is 7.49. The predicted molar refractivity (Wildman–Crippen MR) is 74.0 cm³/mol. The second-order valence-electron chi connectivity index (χ2n) is 5.85. The lowest BCUT2D eigenvalue weighted by Crippen LogP contribution is -2.33. The van der Waals surface area contributed by atoms with Gasteiger partial charge in [-0.15, -0.1) is 0 Å². The van der Waals surface area contributed by atoms with Gasteiger partial charge in [-0.05, 0) is 37.9 Å². The molecule has 0 aliphatic heterocycles. The quantitative estimate of drug-likeness (QED) is 0.610. The van der Waals surface area contributed by atoms with Gasteiger partial charge in [-0.3, -0.25) is 0 Å². The monoisotopic (exact) mass is 228 g/mol. The minimum absolute atomic E-state index is 0.458. The molecule has 0 atom stereocenters. The highest BCUT2D eigenvalue weighted by Crippen LogP contribution is 2.16. The Morgan fingerprint density at radius 3 is 2.19 bits per heavy atom. The number of hydrogen-bond acceptors (Lipinski definition) is 2. The Balaban J connectivity index is 3.41. The molecule has 0 bridgehead atoms. The molecule has 1 N–H and O–H groups in total. The van der Waals surface area contributed by atoms with Crippen molar-refractivity contribution in [2.24, 2.45) is 5.41 Å². The number of nitrogens with one attached hydrogen (secondary N) is 1. The summed E-state index contributed by atoms with van der Waals surface area (Å²) in [5, 5.41) is 3.54. The third kappa shape index (κ3) is 10.4. The summed E-state index contributed by atoms with van der Waals surface area (Å²) >= 11 is 0. The van der Waals surface area contributed by atoms with Gasteiger partial charge in [0.15, 0.2) is 0 Å². The Kier molecular flexibility index (Phi) is 8.96. The maximum Gasteiger partial charge on any atom is 0.0107 e. The van der Waals surface area contributed by atoms with Crippen molar-refractivity contribution in [2.45, 2.75) is 53.9 Å². The molecule has 0 aromatic heterocycles. The van der Waals surface area contributed by atoms with E-state index in [1.807, 2.05) is 0 Å². The molecule has 0 aromatic rings. The molecule has 0 heterocycles. The summed E-state index contributed by atoms with van der Waals surface area (Å²) in [5.74, 6) is 0. The third-order valence-electron chi connectivity index (χ3n) is 2.93. The number of hydrogen-bond donors (Lipinski definition) is 1. The van der Waals surface area contributed by atoms with E-state index >= 15 is 0 Å². The fourth-order valence-corrected chi connectivity index (χ4v) is 1.64. The van der Waals surface area contributed by atoms with Crippen molar-refractivity contribution >= 4 is 0 Å². The van der Waals surface area contributed by atoms with Crippen LogP contribution >= 0.6 is 0 Å². The highest BCUT2D eigenvalue weighted by atomic mass is 15.1. The van der Waals surface area contributed by atoms with Crippen LogP contribution in [0.15, 0.2) is 0 Å². The molecule has 0 aliphatic rings. The van der Waals surface area contributed by atoms with Crippen LogP contribution in [0.3, 0.4) is 0 Å². The van der Waals surface area contributed by atoms with E-state index in [0.717, 1.165) is 13.1 Å². The largest absolute Gasteiger partial charge is 0.315 e. The average molecular weight is 228 g/mol. The molecule has 2 nitrogen and oxygen atoms in total. The molecule has 0 aliphatic carbocycles. The topological polar surface area (TPSA) is 15.3 Å². The molecule has 0 fully saturated rings. The molecule has 0 rings (SSSR count). The molecule has 2 heteroatoms. The van der Waals surface area contributed by atoms with Crippen LogP contribution in [0.2, 0.25) is 0 Å². The van der Waals surface area contributed by atoms with Gasteiger partial charge in [-0.25, -0.2) is 0 Å². The van der Waals surface area contributed by atoms with E-state index in [2.05, 4.69) is 44.8 Å². The molecule has 0 aromatic carbocycles. The fourth-order valence-electron chi connectivity index (χ4n) is 1.64. The van der Waals surface area contributed by atoms with Gasteiger partial charge in [0.2, 0.25) is 0 Å². The van der Waals surface area contributed by atoms with Crippen molar-refractivity contribution in [3.8, 4) is 0 Å². The van der Waals surface area contributed by atoms with Crippen molar-refractivity contribution in [3.63, 3.8) is 0 Å². The van der Waals surface area contributed by atoms with Gasteiger partial charge in [0.1, 0.15) is 0 Å². The van der Waals surface area contributed by atoms with Gasteiger partial charge in [-0.1, -0.05) is 41.0 Å². The van der Waals surface area contributed by atoms with Crippen molar-refractivity contribution in [2.75, 3.05) is 32.7 Å². The van der Waals surface area contributed by atoms with E-state index in [9.17, 15) is 0 Å². The number of likely N-dealkylation sites (N-methyl/N-ethyl adjacent to an activating group) is 1. The van der Waals surface area contributed by atoms with Gasteiger partial charge < -0.3 is 10.2 Å². The third-order valence-corrected chi connectivity index (χ3v) is 2.93. The number of rotatable bonds is 9. The predicted octanol–water partition coefficient (Wildman–Crippen LogP) is 3.13. The first kappa shape index (κ1) is 15.9. The highest BCUT2D eigenvalue weighted by Gasteiger charge is 2.08. The molecule has 0 radical (unpaired) electrons. The van der Waals surface area contributed by atoms with Gasteiger partial charge in [-0.2, -0.15) is 0 Å². The normalized spacial score (nSPS) is 12.4. The minimum Gasteiger partial charge on any atom is -0.315 e. The van der Waals surface area contributed by atoms with Crippen LogP contribution in [0.25, 0.3) is 0 Å². The minimum atomic E-state index is 0.458. The highest BCUT2D eigenvalue weighted by molar-refractivity contribution is 4.64. The Hall–Kier alpha value is -0.0800. The van der Waals surface area contributed by atoms with E-state index in [0.29, 0.717) is 5.41 Å². The average Bonchev–Trinajstić information content (AvgIpc) is 2.20. The molecular formula is C14H32N2. The van der Waals surface area contributed by atoms with E-state index in [1.165, 1.54) is 38.9 Å². The summed E-state index contributed by atoms with van der Waals surface area (Å²) in [4.78, 5) is 2.54. The zero-order valence-corrected chi connectivity index (χ0v) is 12.1. The summed E-state index contributed by atoms with van der Waals surface area (Å²) in [7, 11) is 0. The SMILES string of the molecule is CCCCN(CC)CCNCCC(C)(C)C. The van der Waals surface area contributed by atoms with Crippen LogP contribution < -0.4 is 5.32 Å². The van der Waals surface area contributed by atoms with Crippen LogP contribution in [0, 0.1) is 5.41 Å². The van der Waals surface area contributed by atoms with Crippen molar-refractivity contribution in [1.29, 1.82) is 0 Å². The van der Waals surface area contributed by atoms with E-state index < -0.39 is 0 Å². The summed E-state index contributed by atoms with van der Waals surface area (Å²) < 4.78 is 0. The van der Waals surface area contributed by atoms with E-state index in [-0.39, 0.29) is 0 Å². The second-order valence-corrected chi connectivity index (χ2v) is 5.85. The van der Waals surface area contributed by atoms with Crippen LogP contribution in [0.1, 0.15) is 53.9 Å². The van der Waals surface area contributed by atoms with Crippen molar-refractivity contribution in [3.05, 3.63) is 0 Å². The summed E-state index contributed by atoms with van der Waals surface area (Å²) in [6.07, 6.45) is 3.89. The lowest BCUT2D eigenvalue weighted by Gasteiger charge is -2.21. The van der Waals surface area contributed by atoms with Gasteiger partial charge >= 0.3 is 0 Å². The molecule has 98 valence electrons. The summed E-state index contributed by atoms with van der Waals surface area (Å²) in [5.41, 5.74) is 0.458. The fraction of sp³-hybridized carbons (Fsp3) is 1.00. The summed E-state index contributed by atoms with van der Waals surface area (Å²) in [6, 6.07) is 0. The zero-order chi connectivity index (χ0) is 12.4. The second kappa shape index (κ2) is 9.00. The standard InChI is InChI=1S/C14H32N2/c1-6-8-12-16(7-2)13-11-15-10-9-14(3,4)5/h15H,6-13H2,1-5H3. The number of unbranched alkanes of at least 4 members (excludes halogenated alkanes) is 1. The van der Waals surface area contributed by atoms with Gasteiger partial charge in [0, 0.05) is 13.1 Å². The van der Waals surface area contributed by atoms with Gasteiger partial charge in [0.05, 0.1) is 0 Å². The lowest BCUT2D eigenvalue weighted by atomic mass is 9.92. The maximum absolute atomic E-state index is 3.54. The number of nitrogens with zero attached hydrogens (tertiary/aromatic N) is 1. The van der Waals surface area contributed by atoms with Crippen molar-refractivity contribution in [1.82, 2.24) is 10.2 Å². The Morgan fingerprint density at radius 2 is 1.69 bits per heavy atom. The maximum atomic E-state index is 3.54.